The first-order chi connectivity index (χ1) is 11.1. The highest BCUT2D eigenvalue weighted by molar-refractivity contribution is 6.31. The van der Waals surface area contributed by atoms with E-state index in [2.05, 4.69) is 10.1 Å². The molecule has 124 valence electrons. The fourth-order valence-corrected chi connectivity index (χ4v) is 3.41. The molecule has 0 unspecified atom stereocenters. The third-order valence-electron chi connectivity index (χ3n) is 4.40. The van der Waals surface area contributed by atoms with Crippen LogP contribution in [0.25, 0.3) is 0 Å². The first-order valence-corrected chi connectivity index (χ1v) is 8.12. The number of hydrogen-bond donors (Lipinski definition) is 1. The predicted octanol–water partition coefficient (Wildman–Crippen LogP) is 2.88. The van der Waals surface area contributed by atoms with Crippen LogP contribution in [0.1, 0.15) is 28.6 Å². The highest BCUT2D eigenvalue weighted by Crippen LogP contribution is 2.35. The van der Waals surface area contributed by atoms with E-state index in [0.717, 1.165) is 29.1 Å². The number of morpholine rings is 1. The lowest BCUT2D eigenvalue weighted by molar-refractivity contribution is -0.0961. The summed E-state index contributed by atoms with van der Waals surface area (Å²) in [7, 11) is 0. The molecular formula is C17H21ClN2O3. The summed E-state index contributed by atoms with van der Waals surface area (Å²) in [5, 5.41) is 14.5. The summed E-state index contributed by atoms with van der Waals surface area (Å²) in [6.45, 7) is 5.85. The highest BCUT2D eigenvalue weighted by Gasteiger charge is 2.35. The second kappa shape index (κ2) is 7.01. The van der Waals surface area contributed by atoms with E-state index in [1.165, 1.54) is 0 Å². The predicted molar refractivity (Wildman–Crippen MR) is 87.4 cm³/mol. The van der Waals surface area contributed by atoms with Gasteiger partial charge in [-0.25, -0.2) is 0 Å². The van der Waals surface area contributed by atoms with Crippen LogP contribution in [0.5, 0.6) is 0 Å². The number of aryl methyl sites for hydroxylation is 2. The molecule has 6 heteroatoms. The van der Waals surface area contributed by atoms with E-state index in [-0.39, 0.29) is 18.8 Å². The Morgan fingerprint density at radius 2 is 2.13 bits per heavy atom. The molecule has 2 atom stereocenters. The van der Waals surface area contributed by atoms with Crippen LogP contribution in [0.3, 0.4) is 0 Å². The van der Waals surface area contributed by atoms with Crippen LogP contribution in [0.2, 0.25) is 5.02 Å². The topological polar surface area (TPSA) is 58.7 Å². The Kier molecular flexibility index (Phi) is 5.02. The lowest BCUT2D eigenvalue weighted by atomic mass is 9.97. The van der Waals surface area contributed by atoms with Crippen molar-refractivity contribution in [2.24, 2.45) is 0 Å². The van der Waals surface area contributed by atoms with Gasteiger partial charge >= 0.3 is 0 Å². The zero-order valence-electron chi connectivity index (χ0n) is 13.3. The molecule has 1 N–H and O–H groups in total. The zero-order chi connectivity index (χ0) is 16.4. The number of halogens is 1. The van der Waals surface area contributed by atoms with Gasteiger partial charge in [0.05, 0.1) is 24.9 Å². The summed E-state index contributed by atoms with van der Waals surface area (Å²) in [5.74, 6) is 0.826. The van der Waals surface area contributed by atoms with Crippen molar-refractivity contribution >= 4 is 11.6 Å². The van der Waals surface area contributed by atoms with Crippen molar-refractivity contribution in [3.8, 4) is 0 Å². The minimum Gasteiger partial charge on any atom is -0.394 e. The SMILES string of the molecule is Cc1noc(C)c1CN1CCO[C@@H](CO)[C@@H]1c1ccccc1Cl. The maximum atomic E-state index is 9.74. The number of aromatic nitrogens is 1. The minimum atomic E-state index is -0.302. The maximum absolute atomic E-state index is 9.74. The van der Waals surface area contributed by atoms with Crippen LogP contribution < -0.4 is 0 Å². The standard InChI is InChI=1S/C17H21ClN2O3/c1-11-14(12(2)23-19-11)9-20-7-8-22-16(10-21)17(20)13-5-3-4-6-15(13)18/h3-6,16-17,21H,7-10H2,1-2H3/t16-,17-/m0/s1. The number of aliphatic hydroxyl groups is 1. The average Bonchev–Trinajstić information content (AvgIpc) is 2.87. The van der Waals surface area contributed by atoms with Crippen LogP contribution in [-0.2, 0) is 11.3 Å². The normalized spacial score (nSPS) is 22.4. The molecular weight excluding hydrogens is 316 g/mol. The number of hydrogen-bond acceptors (Lipinski definition) is 5. The lowest BCUT2D eigenvalue weighted by Gasteiger charge is -2.41. The van der Waals surface area contributed by atoms with Gasteiger partial charge in [-0.15, -0.1) is 0 Å². The van der Waals surface area contributed by atoms with Crippen LogP contribution >= 0.6 is 11.6 Å². The number of aliphatic hydroxyl groups excluding tert-OH is 1. The molecule has 0 bridgehead atoms. The zero-order valence-corrected chi connectivity index (χ0v) is 14.1. The summed E-state index contributed by atoms with van der Waals surface area (Å²) in [6.07, 6.45) is -0.302. The van der Waals surface area contributed by atoms with Crippen molar-refractivity contribution in [3.63, 3.8) is 0 Å². The maximum Gasteiger partial charge on any atom is 0.138 e. The molecule has 5 nitrogen and oxygen atoms in total. The highest BCUT2D eigenvalue weighted by atomic mass is 35.5. The number of nitrogens with zero attached hydrogens (tertiary/aromatic N) is 2. The largest absolute Gasteiger partial charge is 0.394 e. The van der Waals surface area contributed by atoms with E-state index in [9.17, 15) is 5.11 Å². The van der Waals surface area contributed by atoms with E-state index in [4.69, 9.17) is 20.9 Å². The molecule has 0 saturated carbocycles. The number of rotatable bonds is 4. The van der Waals surface area contributed by atoms with Crippen LogP contribution in [0.4, 0.5) is 0 Å². The van der Waals surface area contributed by atoms with Crippen molar-refractivity contribution in [3.05, 3.63) is 51.9 Å². The van der Waals surface area contributed by atoms with E-state index in [1.54, 1.807) is 0 Å². The van der Waals surface area contributed by atoms with Gasteiger partial charge in [-0.1, -0.05) is 35.0 Å². The quantitative estimate of drug-likeness (QED) is 0.930. The van der Waals surface area contributed by atoms with Gasteiger partial charge in [0.15, 0.2) is 0 Å². The Balaban J connectivity index is 1.94. The average molecular weight is 337 g/mol. The molecule has 3 rings (SSSR count). The van der Waals surface area contributed by atoms with Gasteiger partial charge in [0.2, 0.25) is 0 Å². The van der Waals surface area contributed by atoms with Gasteiger partial charge < -0.3 is 14.4 Å². The summed E-state index contributed by atoms with van der Waals surface area (Å²) >= 11 is 6.39. The second-order valence-corrected chi connectivity index (χ2v) is 6.24. The van der Waals surface area contributed by atoms with E-state index < -0.39 is 0 Å². The number of ether oxygens (including phenoxy) is 1. The molecule has 1 fully saturated rings. The Morgan fingerprint density at radius 1 is 1.35 bits per heavy atom. The van der Waals surface area contributed by atoms with E-state index in [1.807, 2.05) is 38.1 Å². The third kappa shape index (κ3) is 3.28. The fraction of sp³-hybridized carbons (Fsp3) is 0.471. The molecule has 1 aliphatic heterocycles. The van der Waals surface area contributed by atoms with Crippen molar-refractivity contribution in [2.75, 3.05) is 19.8 Å². The van der Waals surface area contributed by atoms with Crippen molar-refractivity contribution in [2.45, 2.75) is 32.5 Å². The van der Waals surface area contributed by atoms with Gasteiger partial charge in [0, 0.05) is 23.7 Å². The molecule has 0 radical (unpaired) electrons. The molecule has 23 heavy (non-hydrogen) atoms. The van der Waals surface area contributed by atoms with Gasteiger partial charge in [0.1, 0.15) is 11.9 Å². The van der Waals surface area contributed by atoms with Crippen LogP contribution in [0, 0.1) is 13.8 Å². The second-order valence-electron chi connectivity index (χ2n) is 5.83. The van der Waals surface area contributed by atoms with Crippen LogP contribution in [0.15, 0.2) is 28.8 Å². The lowest BCUT2D eigenvalue weighted by Crippen LogP contribution is -2.46. The molecule has 0 amide bonds. The molecule has 1 aromatic heterocycles. The van der Waals surface area contributed by atoms with Crippen LogP contribution in [-0.4, -0.2) is 41.0 Å². The molecule has 1 aliphatic rings. The summed E-state index contributed by atoms with van der Waals surface area (Å²) in [5.41, 5.74) is 2.95. The molecule has 1 saturated heterocycles. The molecule has 2 heterocycles. The van der Waals surface area contributed by atoms with Crippen molar-refractivity contribution in [1.82, 2.24) is 10.1 Å². The minimum absolute atomic E-state index is 0.0476. The Bertz CT molecular complexity index is 654. The fourth-order valence-electron chi connectivity index (χ4n) is 3.16. The molecule has 2 aromatic rings. The van der Waals surface area contributed by atoms with Crippen molar-refractivity contribution in [1.29, 1.82) is 0 Å². The molecule has 1 aromatic carbocycles. The summed E-state index contributed by atoms with van der Waals surface area (Å²) < 4.78 is 11.0. The van der Waals surface area contributed by atoms with Gasteiger partial charge in [-0.05, 0) is 25.5 Å². The van der Waals surface area contributed by atoms with E-state index >= 15 is 0 Å². The monoisotopic (exact) mass is 336 g/mol. The summed E-state index contributed by atoms with van der Waals surface area (Å²) in [6, 6.07) is 7.62. The Labute approximate surface area is 140 Å². The third-order valence-corrected chi connectivity index (χ3v) is 4.75. The smallest absolute Gasteiger partial charge is 0.138 e. The van der Waals surface area contributed by atoms with Gasteiger partial charge in [0.25, 0.3) is 0 Å². The van der Waals surface area contributed by atoms with Gasteiger partial charge in [-0.2, -0.15) is 0 Å². The molecule has 0 spiro atoms. The van der Waals surface area contributed by atoms with E-state index in [0.29, 0.717) is 18.2 Å². The Morgan fingerprint density at radius 3 is 2.78 bits per heavy atom. The molecule has 0 aliphatic carbocycles. The first kappa shape index (κ1) is 16.5. The van der Waals surface area contributed by atoms with Crippen molar-refractivity contribution < 1.29 is 14.4 Å². The van der Waals surface area contributed by atoms with Gasteiger partial charge in [-0.3, -0.25) is 4.90 Å². The Hall–Kier alpha value is -1.40. The number of benzene rings is 1. The first-order valence-electron chi connectivity index (χ1n) is 7.74. The summed E-state index contributed by atoms with van der Waals surface area (Å²) in [4.78, 5) is 2.28.